The number of aliphatic imine (C=N–C) groups is 1. The van der Waals surface area contributed by atoms with Crippen LogP contribution in [0, 0.1) is 12.3 Å². The van der Waals surface area contributed by atoms with Crippen molar-refractivity contribution in [2.75, 3.05) is 26.9 Å². The van der Waals surface area contributed by atoms with E-state index in [9.17, 15) is 4.79 Å². The third kappa shape index (κ3) is 5.15. The molecule has 0 rings (SSSR count). The third-order valence-electron chi connectivity index (χ3n) is 1.13. The minimum absolute atomic E-state index is 0.204. The van der Waals surface area contributed by atoms with Gasteiger partial charge in [-0.05, 0) is 6.26 Å². The maximum atomic E-state index is 11.1. The van der Waals surface area contributed by atoms with E-state index in [1.54, 1.807) is 14.1 Å². The van der Waals surface area contributed by atoms with Crippen LogP contribution in [0.2, 0.25) is 0 Å². The molecule has 0 fully saturated rings. The molecule has 0 aliphatic rings. The Kier molecular flexibility index (Phi) is 5.81. The first-order chi connectivity index (χ1) is 6.11. The third-order valence-corrected chi connectivity index (χ3v) is 1.75. The second-order valence-corrected chi connectivity index (χ2v) is 3.15. The Morgan fingerprint density at radius 1 is 1.69 bits per heavy atom. The molecule has 0 aromatic rings. The quantitative estimate of drug-likeness (QED) is 0.382. The summed E-state index contributed by atoms with van der Waals surface area (Å²) in [5, 5.41) is 3.14. The fraction of sp³-hybridized carbons (Fsp3) is 0.500. The standard InChI is InChI=1S/C8H13N3OS/c1-5-6-9-7(13-4)10-8(12)11(2)3/h1H,6H2,2-4H3,(H,9,10,12). The molecule has 4 nitrogen and oxygen atoms in total. The van der Waals surface area contributed by atoms with Crippen LogP contribution in [0.15, 0.2) is 4.99 Å². The highest BCUT2D eigenvalue weighted by molar-refractivity contribution is 8.13. The van der Waals surface area contributed by atoms with Crippen LogP contribution in [0.1, 0.15) is 0 Å². The van der Waals surface area contributed by atoms with Crippen LogP contribution in [-0.4, -0.2) is 43.0 Å². The van der Waals surface area contributed by atoms with Crippen molar-refractivity contribution < 1.29 is 4.79 Å². The number of rotatable bonds is 1. The minimum atomic E-state index is -0.204. The van der Waals surface area contributed by atoms with Gasteiger partial charge in [-0.15, -0.1) is 6.42 Å². The molecule has 0 atom stereocenters. The molecule has 72 valence electrons. The van der Waals surface area contributed by atoms with Crippen molar-refractivity contribution in [3.63, 3.8) is 0 Å². The van der Waals surface area contributed by atoms with Crippen molar-refractivity contribution in [1.82, 2.24) is 10.2 Å². The first kappa shape index (κ1) is 11.8. The highest BCUT2D eigenvalue weighted by Gasteiger charge is 2.05. The molecule has 0 saturated carbocycles. The molecule has 0 unspecified atom stereocenters. The van der Waals surface area contributed by atoms with Gasteiger partial charge in [0, 0.05) is 14.1 Å². The monoisotopic (exact) mass is 199 g/mol. The Bertz CT molecular complexity index is 242. The van der Waals surface area contributed by atoms with Crippen molar-refractivity contribution in [2.45, 2.75) is 0 Å². The van der Waals surface area contributed by atoms with Crippen molar-refractivity contribution in [1.29, 1.82) is 0 Å². The van der Waals surface area contributed by atoms with Gasteiger partial charge in [-0.3, -0.25) is 5.32 Å². The number of amidine groups is 1. The Labute approximate surface area is 82.8 Å². The van der Waals surface area contributed by atoms with E-state index in [1.807, 2.05) is 6.26 Å². The molecule has 0 radical (unpaired) electrons. The molecule has 13 heavy (non-hydrogen) atoms. The summed E-state index contributed by atoms with van der Waals surface area (Å²) in [6.07, 6.45) is 6.86. The number of nitrogens with one attached hydrogen (secondary N) is 1. The fourth-order valence-corrected chi connectivity index (χ4v) is 0.859. The van der Waals surface area contributed by atoms with Gasteiger partial charge in [-0.1, -0.05) is 17.7 Å². The van der Waals surface area contributed by atoms with Crippen LogP contribution >= 0.6 is 11.8 Å². The van der Waals surface area contributed by atoms with Crippen molar-refractivity contribution in [3.8, 4) is 12.3 Å². The first-order valence-electron chi connectivity index (χ1n) is 3.62. The number of carbonyl (C=O) groups excluding carboxylic acids is 1. The van der Waals surface area contributed by atoms with E-state index in [2.05, 4.69) is 16.2 Å². The summed E-state index contributed by atoms with van der Waals surface area (Å²) in [4.78, 5) is 16.5. The Morgan fingerprint density at radius 2 is 2.31 bits per heavy atom. The van der Waals surface area contributed by atoms with Crippen LogP contribution in [-0.2, 0) is 0 Å². The molecule has 2 amide bonds. The van der Waals surface area contributed by atoms with Crippen molar-refractivity contribution in [2.24, 2.45) is 4.99 Å². The number of hydrogen-bond acceptors (Lipinski definition) is 3. The average Bonchev–Trinajstić information content (AvgIpc) is 2.11. The van der Waals surface area contributed by atoms with Gasteiger partial charge in [0.05, 0.1) is 0 Å². The number of carbonyl (C=O) groups is 1. The maximum Gasteiger partial charge on any atom is 0.322 e. The summed E-state index contributed by atoms with van der Waals surface area (Å²) in [6, 6.07) is -0.204. The highest BCUT2D eigenvalue weighted by atomic mass is 32.2. The van der Waals surface area contributed by atoms with E-state index in [1.165, 1.54) is 16.7 Å². The van der Waals surface area contributed by atoms with Gasteiger partial charge >= 0.3 is 6.03 Å². The van der Waals surface area contributed by atoms with E-state index in [-0.39, 0.29) is 12.6 Å². The predicted octanol–water partition coefficient (Wildman–Crippen LogP) is 0.610. The largest absolute Gasteiger partial charge is 0.331 e. The molecular weight excluding hydrogens is 186 g/mol. The van der Waals surface area contributed by atoms with E-state index in [0.29, 0.717) is 5.17 Å². The van der Waals surface area contributed by atoms with Gasteiger partial charge in [0.2, 0.25) is 0 Å². The van der Waals surface area contributed by atoms with E-state index in [4.69, 9.17) is 6.42 Å². The molecule has 5 heteroatoms. The molecule has 0 aliphatic carbocycles. The molecule has 0 spiro atoms. The van der Waals surface area contributed by atoms with E-state index in [0.717, 1.165) is 0 Å². The predicted molar refractivity (Wildman–Crippen MR) is 56.9 cm³/mol. The summed E-state index contributed by atoms with van der Waals surface area (Å²) in [5.41, 5.74) is 0. The SMILES string of the molecule is C#CCN=C(NC(=O)N(C)C)SC. The number of terminal acetylenes is 1. The Balaban J connectivity index is 4.14. The lowest BCUT2D eigenvalue weighted by Gasteiger charge is -2.11. The number of hydrogen-bond donors (Lipinski definition) is 1. The normalized spacial score (nSPS) is 10.5. The van der Waals surface area contributed by atoms with Crippen molar-refractivity contribution in [3.05, 3.63) is 0 Å². The first-order valence-corrected chi connectivity index (χ1v) is 4.84. The number of urea groups is 1. The number of amides is 2. The van der Waals surface area contributed by atoms with Gasteiger partial charge in [0.1, 0.15) is 6.54 Å². The zero-order chi connectivity index (χ0) is 10.3. The number of thioether (sulfide) groups is 1. The molecule has 0 aliphatic heterocycles. The summed E-state index contributed by atoms with van der Waals surface area (Å²) in [5.74, 6) is 2.37. The molecule has 0 aromatic carbocycles. The summed E-state index contributed by atoms with van der Waals surface area (Å²) < 4.78 is 0. The summed E-state index contributed by atoms with van der Waals surface area (Å²) in [6.45, 7) is 0.282. The molecule has 0 saturated heterocycles. The van der Waals surface area contributed by atoms with Crippen LogP contribution in [0.25, 0.3) is 0 Å². The second kappa shape index (κ2) is 6.38. The van der Waals surface area contributed by atoms with Crippen LogP contribution in [0.5, 0.6) is 0 Å². The van der Waals surface area contributed by atoms with Crippen molar-refractivity contribution >= 4 is 23.0 Å². The zero-order valence-electron chi connectivity index (χ0n) is 8.00. The Hall–Kier alpha value is -1.15. The number of nitrogens with zero attached hydrogens (tertiary/aromatic N) is 2. The molecule has 0 heterocycles. The summed E-state index contributed by atoms with van der Waals surface area (Å²) >= 11 is 1.35. The fourth-order valence-electron chi connectivity index (χ4n) is 0.476. The van der Waals surface area contributed by atoms with E-state index < -0.39 is 0 Å². The molecule has 1 N–H and O–H groups in total. The maximum absolute atomic E-state index is 11.1. The average molecular weight is 199 g/mol. The lowest BCUT2D eigenvalue weighted by molar-refractivity contribution is 0.222. The molecular formula is C8H13N3OS. The van der Waals surface area contributed by atoms with Crippen LogP contribution in [0.4, 0.5) is 4.79 Å². The molecule has 0 aromatic heterocycles. The highest BCUT2D eigenvalue weighted by Crippen LogP contribution is 1.95. The minimum Gasteiger partial charge on any atom is -0.331 e. The lowest BCUT2D eigenvalue weighted by atomic mass is 10.7. The van der Waals surface area contributed by atoms with Crippen LogP contribution < -0.4 is 5.32 Å². The van der Waals surface area contributed by atoms with E-state index >= 15 is 0 Å². The smallest absolute Gasteiger partial charge is 0.322 e. The summed E-state index contributed by atoms with van der Waals surface area (Å²) in [7, 11) is 3.32. The van der Waals surface area contributed by atoms with Gasteiger partial charge < -0.3 is 4.90 Å². The second-order valence-electron chi connectivity index (χ2n) is 2.35. The Morgan fingerprint density at radius 3 is 2.69 bits per heavy atom. The topological polar surface area (TPSA) is 44.7 Å². The van der Waals surface area contributed by atoms with Gasteiger partial charge in [0.15, 0.2) is 5.17 Å². The lowest BCUT2D eigenvalue weighted by Crippen LogP contribution is -2.37. The van der Waals surface area contributed by atoms with Gasteiger partial charge in [-0.25, -0.2) is 9.79 Å². The molecule has 0 bridgehead atoms. The van der Waals surface area contributed by atoms with Crippen LogP contribution in [0.3, 0.4) is 0 Å². The van der Waals surface area contributed by atoms with Gasteiger partial charge in [0.25, 0.3) is 0 Å². The van der Waals surface area contributed by atoms with Gasteiger partial charge in [-0.2, -0.15) is 0 Å². The zero-order valence-corrected chi connectivity index (χ0v) is 8.81.